The summed E-state index contributed by atoms with van der Waals surface area (Å²) in [5, 5.41) is 0. The second-order valence-corrected chi connectivity index (χ2v) is 3.15. The topological polar surface area (TPSA) is 6.48 Å². The molecule has 3 heteroatoms. The molecule has 1 aliphatic rings. The lowest BCUT2D eigenvalue weighted by atomic mass is 10.4. The number of likely N-dealkylation sites (N-methyl/N-ethyl adjacent to an activating group) is 1. The summed E-state index contributed by atoms with van der Waals surface area (Å²) in [5.74, 6) is 0. The third-order valence-corrected chi connectivity index (χ3v) is 2.42. The van der Waals surface area contributed by atoms with Crippen LogP contribution in [0.5, 0.6) is 0 Å². The van der Waals surface area contributed by atoms with Crippen LogP contribution >= 0.6 is 24.0 Å². The van der Waals surface area contributed by atoms with Gasteiger partial charge in [-0.05, 0) is 26.9 Å². The van der Waals surface area contributed by atoms with Crippen molar-refractivity contribution in [3.8, 4) is 0 Å². The van der Waals surface area contributed by atoms with E-state index in [1.165, 1.54) is 26.1 Å². The van der Waals surface area contributed by atoms with Gasteiger partial charge < -0.3 is 0 Å². The van der Waals surface area contributed by atoms with Gasteiger partial charge in [0.15, 0.2) is 0 Å². The van der Waals surface area contributed by atoms with E-state index in [1.54, 1.807) is 0 Å². The van der Waals surface area contributed by atoms with E-state index >= 15 is 0 Å². The summed E-state index contributed by atoms with van der Waals surface area (Å²) in [4.78, 5) is 4.93. The Balaban J connectivity index is 0.000001000. The van der Waals surface area contributed by atoms with Crippen molar-refractivity contribution in [1.82, 2.24) is 9.80 Å². The second kappa shape index (κ2) is 5.32. The molecule has 1 atom stereocenters. The molecular formula is C8H19IN2. The van der Waals surface area contributed by atoms with Gasteiger partial charge in [0, 0.05) is 13.1 Å². The molecule has 0 bridgehead atoms. The minimum atomic E-state index is 0. The molecule has 1 rings (SSSR count). The van der Waals surface area contributed by atoms with Crippen molar-refractivity contribution >= 4 is 24.0 Å². The lowest BCUT2D eigenvalue weighted by Gasteiger charge is -2.23. The Hall–Kier alpha value is 0.650. The third-order valence-electron chi connectivity index (χ3n) is 2.42. The Morgan fingerprint density at radius 1 is 1.36 bits per heavy atom. The Kier molecular flexibility index (Phi) is 5.64. The van der Waals surface area contributed by atoms with Gasteiger partial charge in [-0.3, -0.25) is 9.80 Å². The molecule has 11 heavy (non-hydrogen) atoms. The number of rotatable bonds is 2. The molecule has 1 saturated heterocycles. The van der Waals surface area contributed by atoms with Crippen LogP contribution in [-0.4, -0.2) is 42.6 Å². The fourth-order valence-electron chi connectivity index (χ4n) is 1.52. The minimum absolute atomic E-state index is 0. The maximum Gasteiger partial charge on any atom is 0.0591 e. The van der Waals surface area contributed by atoms with Gasteiger partial charge >= 0.3 is 0 Å². The first kappa shape index (κ1) is 11.6. The van der Waals surface area contributed by atoms with Gasteiger partial charge in [-0.25, -0.2) is 0 Å². The molecular weight excluding hydrogens is 251 g/mol. The van der Waals surface area contributed by atoms with Gasteiger partial charge in [-0.2, -0.15) is 0 Å². The summed E-state index contributed by atoms with van der Waals surface area (Å²) < 4.78 is 0. The van der Waals surface area contributed by atoms with Crippen LogP contribution in [0.25, 0.3) is 0 Å². The van der Waals surface area contributed by atoms with Gasteiger partial charge in [0.25, 0.3) is 0 Å². The van der Waals surface area contributed by atoms with Gasteiger partial charge in [0.1, 0.15) is 0 Å². The standard InChI is InChI=1S/C8H18N2.HI/c1-4-5-10-7-6-9(3)8(10)2;/h8H,4-7H2,1-3H3;1H. The number of halogens is 1. The summed E-state index contributed by atoms with van der Waals surface area (Å²) in [6.45, 7) is 8.27. The first-order valence-electron chi connectivity index (χ1n) is 4.20. The quantitative estimate of drug-likeness (QED) is 0.703. The molecule has 0 N–H and O–H groups in total. The molecule has 68 valence electrons. The highest BCUT2D eigenvalue weighted by Crippen LogP contribution is 2.10. The van der Waals surface area contributed by atoms with Crippen molar-refractivity contribution in [2.24, 2.45) is 0 Å². The molecule has 0 saturated carbocycles. The molecule has 1 heterocycles. The monoisotopic (exact) mass is 270 g/mol. The highest BCUT2D eigenvalue weighted by Gasteiger charge is 2.23. The molecule has 1 fully saturated rings. The second-order valence-electron chi connectivity index (χ2n) is 3.15. The highest BCUT2D eigenvalue weighted by atomic mass is 127. The van der Waals surface area contributed by atoms with Crippen LogP contribution < -0.4 is 0 Å². The molecule has 0 aliphatic carbocycles. The van der Waals surface area contributed by atoms with Crippen molar-refractivity contribution in [2.75, 3.05) is 26.7 Å². The minimum Gasteiger partial charge on any atom is -0.290 e. The molecule has 1 unspecified atom stereocenters. The Labute approximate surface area is 87.0 Å². The maximum atomic E-state index is 2.53. The summed E-state index contributed by atoms with van der Waals surface area (Å²) in [6, 6.07) is 0. The van der Waals surface area contributed by atoms with Crippen LogP contribution in [-0.2, 0) is 0 Å². The number of hydrogen-bond donors (Lipinski definition) is 0. The zero-order chi connectivity index (χ0) is 7.56. The van der Waals surface area contributed by atoms with E-state index in [1.807, 2.05) is 0 Å². The Bertz CT molecular complexity index is 106. The van der Waals surface area contributed by atoms with Crippen molar-refractivity contribution in [3.63, 3.8) is 0 Å². The summed E-state index contributed by atoms with van der Waals surface area (Å²) in [6.07, 6.45) is 1.94. The molecule has 2 nitrogen and oxygen atoms in total. The molecule has 0 aromatic carbocycles. The maximum absolute atomic E-state index is 2.53. The molecule has 1 aliphatic heterocycles. The molecule has 0 spiro atoms. The average Bonchev–Trinajstić information content (AvgIpc) is 2.20. The van der Waals surface area contributed by atoms with E-state index in [9.17, 15) is 0 Å². The predicted molar refractivity (Wildman–Crippen MR) is 59.4 cm³/mol. The SMILES string of the molecule is CCCN1CCN(C)C1C.I. The van der Waals surface area contributed by atoms with Gasteiger partial charge in [-0.15, -0.1) is 24.0 Å². The zero-order valence-electron chi connectivity index (χ0n) is 7.71. The molecule has 0 aromatic rings. The lowest BCUT2D eigenvalue weighted by molar-refractivity contribution is 0.177. The van der Waals surface area contributed by atoms with Crippen LogP contribution in [0.1, 0.15) is 20.3 Å². The fraction of sp³-hybridized carbons (Fsp3) is 1.00. The summed E-state index contributed by atoms with van der Waals surface area (Å²) in [7, 11) is 2.19. The van der Waals surface area contributed by atoms with E-state index in [-0.39, 0.29) is 24.0 Å². The Morgan fingerprint density at radius 3 is 2.36 bits per heavy atom. The summed E-state index contributed by atoms with van der Waals surface area (Å²) in [5.41, 5.74) is 0. The van der Waals surface area contributed by atoms with Crippen LogP contribution in [0.3, 0.4) is 0 Å². The smallest absolute Gasteiger partial charge is 0.0591 e. The normalized spacial score (nSPS) is 27.0. The molecule has 0 radical (unpaired) electrons. The van der Waals surface area contributed by atoms with Crippen molar-refractivity contribution in [1.29, 1.82) is 0 Å². The number of nitrogens with zero attached hydrogens (tertiary/aromatic N) is 2. The van der Waals surface area contributed by atoms with E-state index in [0.29, 0.717) is 6.17 Å². The van der Waals surface area contributed by atoms with E-state index < -0.39 is 0 Å². The van der Waals surface area contributed by atoms with Crippen molar-refractivity contribution in [2.45, 2.75) is 26.4 Å². The van der Waals surface area contributed by atoms with Gasteiger partial charge in [0.05, 0.1) is 6.17 Å². The Morgan fingerprint density at radius 2 is 2.00 bits per heavy atom. The van der Waals surface area contributed by atoms with Crippen LogP contribution in [0, 0.1) is 0 Å². The molecule has 0 aromatic heterocycles. The van der Waals surface area contributed by atoms with Crippen LogP contribution in [0.15, 0.2) is 0 Å². The first-order chi connectivity index (χ1) is 4.75. The average molecular weight is 270 g/mol. The lowest BCUT2D eigenvalue weighted by Crippen LogP contribution is -2.34. The van der Waals surface area contributed by atoms with Crippen LogP contribution in [0.4, 0.5) is 0 Å². The van der Waals surface area contributed by atoms with Gasteiger partial charge in [-0.1, -0.05) is 6.92 Å². The third kappa shape index (κ3) is 2.87. The largest absolute Gasteiger partial charge is 0.290 e. The zero-order valence-corrected chi connectivity index (χ0v) is 10.0. The van der Waals surface area contributed by atoms with E-state index in [4.69, 9.17) is 0 Å². The van der Waals surface area contributed by atoms with E-state index in [2.05, 4.69) is 30.7 Å². The molecule has 0 amide bonds. The van der Waals surface area contributed by atoms with Crippen LogP contribution in [0.2, 0.25) is 0 Å². The first-order valence-corrected chi connectivity index (χ1v) is 4.20. The fourth-order valence-corrected chi connectivity index (χ4v) is 1.52. The van der Waals surface area contributed by atoms with Gasteiger partial charge in [0.2, 0.25) is 0 Å². The predicted octanol–water partition coefficient (Wildman–Crippen LogP) is 1.61. The van der Waals surface area contributed by atoms with Crippen molar-refractivity contribution < 1.29 is 0 Å². The number of hydrogen-bond acceptors (Lipinski definition) is 2. The summed E-state index contributed by atoms with van der Waals surface area (Å²) >= 11 is 0. The van der Waals surface area contributed by atoms with Crippen molar-refractivity contribution in [3.05, 3.63) is 0 Å². The highest BCUT2D eigenvalue weighted by molar-refractivity contribution is 14.0. The van der Waals surface area contributed by atoms with E-state index in [0.717, 1.165) is 0 Å².